The second-order valence-corrected chi connectivity index (χ2v) is 9.18. The first-order valence-electron chi connectivity index (χ1n) is 11.0. The van der Waals surface area contributed by atoms with Crippen molar-refractivity contribution in [2.24, 2.45) is 17.8 Å². The first-order chi connectivity index (χ1) is 16.1. The largest absolute Gasteiger partial charge is 0.480 e. The van der Waals surface area contributed by atoms with Gasteiger partial charge in [0.1, 0.15) is 29.0 Å². The SMILES string of the molecule is O=C(O)COC1CC2CCC1CC2CNC(=O)c1cccnc1Oc1ccc2nsnc2c1. The number of benzene rings is 1. The van der Waals surface area contributed by atoms with Crippen LogP contribution in [0.25, 0.3) is 11.0 Å². The highest BCUT2D eigenvalue weighted by atomic mass is 32.1. The number of fused-ring (bicyclic) bond motifs is 4. The van der Waals surface area contributed by atoms with Crippen LogP contribution in [0.15, 0.2) is 36.5 Å². The standard InChI is InChI=1S/C23H24N4O5S/c28-21(29)12-31-20-9-13-3-4-14(20)8-15(13)11-25-22(30)17-2-1-7-24-23(17)32-16-5-6-18-19(10-16)27-33-26-18/h1-2,5-7,10,13-15,20H,3-4,8-9,11-12H2,(H,25,30)(H,28,29). The van der Waals surface area contributed by atoms with Gasteiger partial charge >= 0.3 is 5.97 Å². The van der Waals surface area contributed by atoms with Crippen molar-refractivity contribution >= 4 is 34.6 Å². The number of pyridine rings is 1. The molecule has 0 spiro atoms. The molecule has 10 heteroatoms. The molecule has 3 fully saturated rings. The lowest BCUT2D eigenvalue weighted by Crippen LogP contribution is -2.46. The van der Waals surface area contributed by atoms with Crippen LogP contribution in [0.1, 0.15) is 36.0 Å². The number of carbonyl (C=O) groups is 2. The Morgan fingerprint density at radius 3 is 2.79 bits per heavy atom. The summed E-state index contributed by atoms with van der Waals surface area (Å²) in [7, 11) is 0. The van der Waals surface area contributed by atoms with Crippen molar-refractivity contribution in [1.29, 1.82) is 0 Å². The minimum Gasteiger partial charge on any atom is -0.480 e. The van der Waals surface area contributed by atoms with Crippen LogP contribution in [-0.2, 0) is 9.53 Å². The number of carboxylic acid groups (broad SMARTS) is 1. The van der Waals surface area contributed by atoms with Crippen molar-refractivity contribution in [1.82, 2.24) is 19.0 Å². The van der Waals surface area contributed by atoms with Gasteiger partial charge in [0, 0.05) is 18.8 Å². The second-order valence-electron chi connectivity index (χ2n) is 8.66. The van der Waals surface area contributed by atoms with Crippen LogP contribution in [0.3, 0.4) is 0 Å². The summed E-state index contributed by atoms with van der Waals surface area (Å²) in [6, 6.07) is 8.78. The first kappa shape index (κ1) is 21.7. The molecule has 2 aromatic heterocycles. The third-order valence-electron chi connectivity index (χ3n) is 6.64. The van der Waals surface area contributed by atoms with E-state index in [1.165, 1.54) is 0 Å². The van der Waals surface area contributed by atoms with Gasteiger partial charge in [-0.3, -0.25) is 4.79 Å². The molecule has 172 valence electrons. The Hall–Kier alpha value is -3.11. The number of aliphatic carboxylic acids is 1. The number of hydrogen-bond acceptors (Lipinski definition) is 8. The summed E-state index contributed by atoms with van der Waals surface area (Å²) >= 11 is 1.14. The Morgan fingerprint density at radius 1 is 1.12 bits per heavy atom. The second kappa shape index (κ2) is 9.40. The Balaban J connectivity index is 1.21. The van der Waals surface area contributed by atoms with Crippen LogP contribution in [0.2, 0.25) is 0 Å². The lowest BCUT2D eigenvalue weighted by atomic mass is 9.63. The van der Waals surface area contributed by atoms with Crippen LogP contribution in [0.5, 0.6) is 11.6 Å². The summed E-state index contributed by atoms with van der Waals surface area (Å²) in [5, 5.41) is 11.9. The van der Waals surface area contributed by atoms with Crippen LogP contribution in [0, 0.1) is 17.8 Å². The fourth-order valence-electron chi connectivity index (χ4n) is 5.04. The maximum Gasteiger partial charge on any atom is 0.329 e. The van der Waals surface area contributed by atoms with Crippen molar-refractivity contribution in [3.8, 4) is 11.6 Å². The fraction of sp³-hybridized carbons (Fsp3) is 0.435. The number of nitrogens with zero attached hydrogens (tertiary/aromatic N) is 3. The Bertz CT molecular complexity index is 1170. The molecule has 9 nitrogen and oxygen atoms in total. The highest BCUT2D eigenvalue weighted by Gasteiger charge is 2.42. The Labute approximate surface area is 194 Å². The highest BCUT2D eigenvalue weighted by molar-refractivity contribution is 7.00. The van der Waals surface area contributed by atoms with Gasteiger partial charge in [-0.2, -0.15) is 8.75 Å². The van der Waals surface area contributed by atoms with Gasteiger partial charge in [-0.15, -0.1) is 0 Å². The normalized spacial score (nSPS) is 24.0. The van der Waals surface area contributed by atoms with E-state index in [4.69, 9.17) is 14.6 Å². The summed E-state index contributed by atoms with van der Waals surface area (Å²) in [4.78, 5) is 28.1. The summed E-state index contributed by atoms with van der Waals surface area (Å²) in [5.41, 5.74) is 1.90. The van der Waals surface area contributed by atoms with Crippen molar-refractivity contribution in [3.05, 3.63) is 42.1 Å². The third-order valence-corrected chi connectivity index (χ3v) is 7.20. The molecule has 0 aliphatic heterocycles. The van der Waals surface area contributed by atoms with Crippen LogP contribution in [0.4, 0.5) is 0 Å². The monoisotopic (exact) mass is 468 g/mol. The fourth-order valence-corrected chi connectivity index (χ4v) is 5.55. The summed E-state index contributed by atoms with van der Waals surface area (Å²) in [5.74, 6) is 0.760. The van der Waals surface area contributed by atoms with Crippen molar-refractivity contribution in [2.75, 3.05) is 13.2 Å². The number of rotatable bonds is 8. The first-order valence-corrected chi connectivity index (χ1v) is 11.8. The molecule has 3 aromatic rings. The highest BCUT2D eigenvalue weighted by Crippen LogP contribution is 2.46. The Morgan fingerprint density at radius 2 is 1.97 bits per heavy atom. The lowest BCUT2D eigenvalue weighted by Gasteiger charge is -2.47. The molecule has 3 aliphatic rings. The molecule has 0 radical (unpaired) electrons. The van der Waals surface area contributed by atoms with Gasteiger partial charge in [0.2, 0.25) is 5.88 Å². The van der Waals surface area contributed by atoms with Gasteiger partial charge in [-0.1, -0.05) is 0 Å². The van der Waals surface area contributed by atoms with E-state index in [0.29, 0.717) is 35.6 Å². The number of carbonyl (C=O) groups excluding carboxylic acids is 1. The summed E-state index contributed by atoms with van der Waals surface area (Å²) in [6.45, 7) is 0.321. The van der Waals surface area contributed by atoms with Crippen molar-refractivity contribution in [2.45, 2.75) is 31.8 Å². The van der Waals surface area contributed by atoms with E-state index in [1.807, 2.05) is 6.07 Å². The average Bonchev–Trinajstić information content (AvgIpc) is 3.30. The predicted octanol–water partition coefficient (Wildman–Crippen LogP) is 3.51. The summed E-state index contributed by atoms with van der Waals surface area (Å²) < 4.78 is 19.9. The smallest absolute Gasteiger partial charge is 0.329 e. The van der Waals surface area contributed by atoms with Gasteiger partial charge in [0.25, 0.3) is 5.91 Å². The van der Waals surface area contributed by atoms with Gasteiger partial charge in [0.15, 0.2) is 0 Å². The molecule has 33 heavy (non-hydrogen) atoms. The van der Waals surface area contributed by atoms with E-state index in [9.17, 15) is 9.59 Å². The van der Waals surface area contributed by atoms with Gasteiger partial charge in [0.05, 0.1) is 17.8 Å². The van der Waals surface area contributed by atoms with Crippen LogP contribution in [-0.4, -0.2) is 50.0 Å². The number of carboxylic acids is 1. The molecule has 4 unspecified atom stereocenters. The number of aromatic nitrogens is 3. The molecule has 1 aromatic carbocycles. The molecule has 2 heterocycles. The zero-order valence-electron chi connectivity index (χ0n) is 17.8. The van der Waals surface area contributed by atoms with E-state index in [-0.39, 0.29) is 24.5 Å². The molecule has 0 saturated heterocycles. The summed E-state index contributed by atoms with van der Waals surface area (Å²) in [6.07, 6.45) is 5.54. The van der Waals surface area contributed by atoms with E-state index >= 15 is 0 Å². The molecule has 3 aliphatic carbocycles. The maximum atomic E-state index is 13.0. The molecular formula is C23H24N4O5S. The predicted molar refractivity (Wildman–Crippen MR) is 120 cm³/mol. The molecule has 6 rings (SSSR count). The lowest BCUT2D eigenvalue weighted by molar-refractivity contribution is -0.150. The average molecular weight is 469 g/mol. The van der Waals surface area contributed by atoms with Crippen LogP contribution >= 0.6 is 11.7 Å². The van der Waals surface area contributed by atoms with E-state index in [1.54, 1.807) is 30.5 Å². The van der Waals surface area contributed by atoms with Gasteiger partial charge in [-0.05, 0) is 67.7 Å². The quantitative estimate of drug-likeness (QED) is 0.515. The van der Waals surface area contributed by atoms with Crippen LogP contribution < -0.4 is 10.1 Å². The number of ether oxygens (including phenoxy) is 2. The van der Waals surface area contributed by atoms with E-state index in [2.05, 4.69) is 19.0 Å². The molecule has 2 N–H and O–H groups in total. The topological polar surface area (TPSA) is 124 Å². The van der Waals surface area contributed by atoms with Crippen molar-refractivity contribution in [3.63, 3.8) is 0 Å². The molecule has 1 amide bonds. The van der Waals surface area contributed by atoms with E-state index in [0.717, 1.165) is 48.4 Å². The molecule has 4 atom stereocenters. The maximum absolute atomic E-state index is 13.0. The van der Waals surface area contributed by atoms with E-state index < -0.39 is 5.97 Å². The third kappa shape index (κ3) is 4.81. The zero-order valence-corrected chi connectivity index (χ0v) is 18.7. The van der Waals surface area contributed by atoms with Crippen molar-refractivity contribution < 1.29 is 24.2 Å². The minimum absolute atomic E-state index is 0.00961. The molecule has 3 saturated carbocycles. The minimum atomic E-state index is -0.932. The van der Waals surface area contributed by atoms with Gasteiger partial charge in [-0.25, -0.2) is 9.78 Å². The molecular weight excluding hydrogens is 444 g/mol. The van der Waals surface area contributed by atoms with Gasteiger partial charge < -0.3 is 19.9 Å². The number of hydrogen-bond donors (Lipinski definition) is 2. The number of amides is 1. The zero-order chi connectivity index (χ0) is 22.8. The molecule has 2 bridgehead atoms. The Kier molecular flexibility index (Phi) is 6.19. The number of nitrogens with one attached hydrogen (secondary N) is 1.